The van der Waals surface area contributed by atoms with Crippen molar-refractivity contribution in [2.45, 2.75) is 38.0 Å². The quantitative estimate of drug-likeness (QED) is 0.904. The molecule has 1 N–H and O–H groups in total. The van der Waals surface area contributed by atoms with Crippen molar-refractivity contribution in [3.8, 4) is 0 Å². The highest BCUT2D eigenvalue weighted by Crippen LogP contribution is 2.43. The second-order valence-electron chi connectivity index (χ2n) is 5.82. The van der Waals surface area contributed by atoms with Gasteiger partial charge in [0.05, 0.1) is 5.41 Å². The van der Waals surface area contributed by atoms with Gasteiger partial charge in [-0.1, -0.05) is 31.5 Å². The molecule has 3 rings (SSSR count). The fourth-order valence-electron chi connectivity index (χ4n) is 3.50. The van der Waals surface area contributed by atoms with Gasteiger partial charge in [-0.25, -0.2) is 0 Å². The van der Waals surface area contributed by atoms with Crippen molar-refractivity contribution < 1.29 is 4.79 Å². The summed E-state index contributed by atoms with van der Waals surface area (Å²) in [5.41, 5.74) is 1.94. The maximum absolute atomic E-state index is 12.5. The lowest BCUT2D eigenvalue weighted by atomic mass is 9.75. The lowest BCUT2D eigenvalue weighted by Crippen LogP contribution is -2.50. The van der Waals surface area contributed by atoms with Gasteiger partial charge in [0.2, 0.25) is 5.91 Å². The fraction of sp³-hybridized carbons (Fsp3) is 0.562. The Morgan fingerprint density at radius 1 is 1.37 bits per heavy atom. The summed E-state index contributed by atoms with van der Waals surface area (Å²) in [4.78, 5) is 15.0. The summed E-state index contributed by atoms with van der Waals surface area (Å²) in [6.45, 7) is 5.36. The molecule has 3 heteroatoms. The van der Waals surface area contributed by atoms with Crippen LogP contribution in [0.5, 0.6) is 0 Å². The van der Waals surface area contributed by atoms with Crippen LogP contribution in [0.25, 0.3) is 0 Å². The molecule has 0 saturated carbocycles. The van der Waals surface area contributed by atoms with Crippen LogP contribution >= 0.6 is 0 Å². The van der Waals surface area contributed by atoms with Crippen LogP contribution in [0.4, 0.5) is 5.69 Å². The van der Waals surface area contributed by atoms with Gasteiger partial charge < -0.3 is 10.2 Å². The van der Waals surface area contributed by atoms with Crippen LogP contribution < -0.4 is 5.32 Å². The second kappa shape index (κ2) is 4.97. The Labute approximate surface area is 115 Å². The van der Waals surface area contributed by atoms with Crippen LogP contribution in [0.1, 0.15) is 38.2 Å². The van der Waals surface area contributed by atoms with E-state index >= 15 is 0 Å². The van der Waals surface area contributed by atoms with Gasteiger partial charge in [0.15, 0.2) is 0 Å². The molecule has 3 nitrogen and oxygen atoms in total. The van der Waals surface area contributed by atoms with E-state index in [1.807, 2.05) is 18.2 Å². The first kappa shape index (κ1) is 12.7. The largest absolute Gasteiger partial charge is 0.325 e. The van der Waals surface area contributed by atoms with E-state index in [0.717, 1.165) is 38.2 Å². The second-order valence-corrected chi connectivity index (χ2v) is 5.82. The number of hydrogen-bond acceptors (Lipinski definition) is 2. The van der Waals surface area contributed by atoms with E-state index in [2.05, 4.69) is 23.2 Å². The number of hydrogen-bond donors (Lipinski definition) is 1. The predicted molar refractivity (Wildman–Crippen MR) is 77.3 cm³/mol. The van der Waals surface area contributed by atoms with E-state index in [1.165, 1.54) is 18.4 Å². The van der Waals surface area contributed by atoms with Gasteiger partial charge in [0, 0.05) is 12.2 Å². The molecule has 1 atom stereocenters. The van der Waals surface area contributed by atoms with Gasteiger partial charge >= 0.3 is 0 Å². The number of amides is 1. The maximum atomic E-state index is 12.5. The van der Waals surface area contributed by atoms with E-state index in [9.17, 15) is 4.79 Å². The molecule has 2 aliphatic rings. The minimum Gasteiger partial charge on any atom is -0.325 e. The Hall–Kier alpha value is -1.35. The van der Waals surface area contributed by atoms with Gasteiger partial charge in [-0.2, -0.15) is 0 Å². The molecule has 2 heterocycles. The van der Waals surface area contributed by atoms with Crippen molar-refractivity contribution >= 4 is 11.6 Å². The molecule has 1 aromatic carbocycles. The molecular weight excluding hydrogens is 236 g/mol. The monoisotopic (exact) mass is 258 g/mol. The topological polar surface area (TPSA) is 32.3 Å². The highest BCUT2D eigenvalue weighted by Gasteiger charge is 2.48. The van der Waals surface area contributed by atoms with E-state index in [1.54, 1.807) is 0 Å². The van der Waals surface area contributed by atoms with Gasteiger partial charge in [-0.05, 0) is 44.0 Å². The standard InChI is InChI=1S/C16H22N2O/c1-2-3-10-18-11-6-9-16(12-18)13-7-4-5-8-14(13)17-15(16)19/h4-5,7-8H,2-3,6,9-12H2,1H3,(H,17,19). The van der Waals surface area contributed by atoms with E-state index in [-0.39, 0.29) is 11.3 Å². The van der Waals surface area contributed by atoms with Gasteiger partial charge in [-0.3, -0.25) is 4.79 Å². The molecule has 0 aliphatic carbocycles. The number of anilines is 1. The first-order valence-corrected chi connectivity index (χ1v) is 7.39. The molecule has 2 aliphatic heterocycles. The third-order valence-electron chi connectivity index (χ3n) is 4.52. The third kappa shape index (κ3) is 2.06. The van der Waals surface area contributed by atoms with Crippen molar-refractivity contribution in [3.05, 3.63) is 29.8 Å². The molecular formula is C16H22N2O. The molecule has 0 bridgehead atoms. The van der Waals surface area contributed by atoms with Crippen LogP contribution in [0, 0.1) is 0 Å². The number of likely N-dealkylation sites (tertiary alicyclic amines) is 1. The first-order valence-electron chi connectivity index (χ1n) is 7.39. The molecule has 102 valence electrons. The number of benzene rings is 1. The smallest absolute Gasteiger partial charge is 0.236 e. The number of nitrogens with zero attached hydrogens (tertiary/aromatic N) is 1. The van der Waals surface area contributed by atoms with Gasteiger partial charge in [0.1, 0.15) is 0 Å². The summed E-state index contributed by atoms with van der Waals surface area (Å²) in [7, 11) is 0. The van der Waals surface area contributed by atoms with Crippen molar-refractivity contribution in [2.75, 3.05) is 25.0 Å². The van der Waals surface area contributed by atoms with Crippen molar-refractivity contribution in [1.82, 2.24) is 4.90 Å². The predicted octanol–water partition coefficient (Wildman–Crippen LogP) is 2.77. The number of unbranched alkanes of at least 4 members (excludes halogenated alkanes) is 1. The molecule has 1 amide bonds. The summed E-state index contributed by atoms with van der Waals surface area (Å²) in [6, 6.07) is 8.19. The van der Waals surface area contributed by atoms with Crippen LogP contribution in [-0.2, 0) is 10.2 Å². The van der Waals surface area contributed by atoms with E-state index < -0.39 is 0 Å². The highest BCUT2D eigenvalue weighted by molar-refractivity contribution is 6.06. The Balaban J connectivity index is 1.88. The van der Waals surface area contributed by atoms with Gasteiger partial charge in [-0.15, -0.1) is 0 Å². The molecule has 1 fully saturated rings. The van der Waals surface area contributed by atoms with Crippen molar-refractivity contribution in [1.29, 1.82) is 0 Å². The summed E-state index contributed by atoms with van der Waals surface area (Å²) in [5, 5.41) is 3.07. The number of carbonyl (C=O) groups excluding carboxylic acids is 1. The normalized spacial score (nSPS) is 26.5. The Morgan fingerprint density at radius 2 is 2.21 bits per heavy atom. The fourth-order valence-corrected chi connectivity index (χ4v) is 3.50. The van der Waals surface area contributed by atoms with Crippen molar-refractivity contribution in [3.63, 3.8) is 0 Å². The number of fused-ring (bicyclic) bond motifs is 2. The molecule has 1 unspecified atom stereocenters. The van der Waals surface area contributed by atoms with Crippen molar-refractivity contribution in [2.24, 2.45) is 0 Å². The first-order chi connectivity index (χ1) is 9.26. The summed E-state index contributed by atoms with van der Waals surface area (Å²) in [6.07, 6.45) is 4.54. The number of nitrogens with one attached hydrogen (secondary N) is 1. The molecule has 19 heavy (non-hydrogen) atoms. The summed E-state index contributed by atoms with van der Waals surface area (Å²) < 4.78 is 0. The van der Waals surface area contributed by atoms with E-state index in [0.29, 0.717) is 0 Å². The molecule has 0 aromatic heterocycles. The lowest BCUT2D eigenvalue weighted by molar-refractivity contribution is -0.122. The average Bonchev–Trinajstić information content (AvgIpc) is 2.70. The van der Waals surface area contributed by atoms with Crippen LogP contribution in [0.15, 0.2) is 24.3 Å². The molecule has 0 radical (unpaired) electrons. The number of piperidine rings is 1. The minimum absolute atomic E-state index is 0.204. The Bertz CT molecular complexity index is 485. The zero-order chi connectivity index (χ0) is 13.3. The molecule has 1 spiro atoms. The minimum atomic E-state index is -0.289. The summed E-state index contributed by atoms with van der Waals surface area (Å²) >= 11 is 0. The average molecular weight is 258 g/mol. The maximum Gasteiger partial charge on any atom is 0.236 e. The van der Waals surface area contributed by atoms with Crippen LogP contribution in [0.2, 0.25) is 0 Å². The Kier molecular flexibility index (Phi) is 3.31. The number of para-hydroxylation sites is 1. The van der Waals surface area contributed by atoms with Gasteiger partial charge in [0.25, 0.3) is 0 Å². The van der Waals surface area contributed by atoms with E-state index in [4.69, 9.17) is 0 Å². The number of carbonyl (C=O) groups is 1. The molecule has 1 saturated heterocycles. The highest BCUT2D eigenvalue weighted by atomic mass is 16.2. The number of rotatable bonds is 3. The van der Waals surface area contributed by atoms with Crippen LogP contribution in [0.3, 0.4) is 0 Å². The SMILES string of the molecule is CCCCN1CCCC2(C1)C(=O)Nc1ccccc12. The zero-order valence-electron chi connectivity index (χ0n) is 11.6. The Morgan fingerprint density at radius 3 is 3.05 bits per heavy atom. The molecule has 1 aromatic rings. The summed E-state index contributed by atoms with van der Waals surface area (Å²) in [5.74, 6) is 0.204. The lowest BCUT2D eigenvalue weighted by Gasteiger charge is -2.39. The third-order valence-corrected chi connectivity index (χ3v) is 4.52. The van der Waals surface area contributed by atoms with Crippen LogP contribution in [-0.4, -0.2) is 30.4 Å². The zero-order valence-corrected chi connectivity index (χ0v) is 11.6.